The quantitative estimate of drug-likeness (QED) is 0.848. The minimum Gasteiger partial charge on any atom is -0.349 e. The standard InChI is InChI=1S/C14H21BrN2O/c1-3-6-11(9-16)14(18)17-10(2)12-7-4-5-8-13(12)15/h4-5,7-8,10-11H,3,6,9,16H2,1-2H3,(H,17,18). The molecule has 1 amide bonds. The molecular weight excluding hydrogens is 292 g/mol. The average molecular weight is 313 g/mol. The summed E-state index contributed by atoms with van der Waals surface area (Å²) >= 11 is 3.50. The first-order chi connectivity index (χ1) is 8.60. The van der Waals surface area contributed by atoms with E-state index in [1.807, 2.05) is 31.2 Å². The summed E-state index contributed by atoms with van der Waals surface area (Å²) in [7, 11) is 0. The number of nitrogens with two attached hydrogens (primary N) is 1. The van der Waals surface area contributed by atoms with Crippen molar-refractivity contribution in [2.24, 2.45) is 11.7 Å². The smallest absolute Gasteiger partial charge is 0.224 e. The molecule has 2 unspecified atom stereocenters. The lowest BCUT2D eigenvalue weighted by molar-refractivity contribution is -0.125. The van der Waals surface area contributed by atoms with Crippen LogP contribution >= 0.6 is 15.9 Å². The Morgan fingerprint density at radius 2 is 2.11 bits per heavy atom. The maximum atomic E-state index is 12.1. The van der Waals surface area contributed by atoms with E-state index < -0.39 is 0 Å². The van der Waals surface area contributed by atoms with Crippen LogP contribution in [0.4, 0.5) is 0 Å². The fourth-order valence-corrected chi connectivity index (χ4v) is 2.57. The molecule has 0 saturated heterocycles. The van der Waals surface area contributed by atoms with Crippen molar-refractivity contribution in [3.05, 3.63) is 34.3 Å². The molecule has 4 heteroatoms. The summed E-state index contributed by atoms with van der Waals surface area (Å²) in [4.78, 5) is 12.1. The highest BCUT2D eigenvalue weighted by molar-refractivity contribution is 9.10. The molecule has 0 saturated carbocycles. The number of hydrogen-bond acceptors (Lipinski definition) is 2. The van der Waals surface area contributed by atoms with Crippen molar-refractivity contribution in [1.82, 2.24) is 5.32 Å². The molecule has 3 N–H and O–H groups in total. The summed E-state index contributed by atoms with van der Waals surface area (Å²) in [5.74, 6) is -0.0393. The largest absolute Gasteiger partial charge is 0.349 e. The van der Waals surface area contributed by atoms with Gasteiger partial charge >= 0.3 is 0 Å². The molecule has 1 rings (SSSR count). The van der Waals surface area contributed by atoms with Crippen LogP contribution in [0.25, 0.3) is 0 Å². The molecule has 1 aromatic carbocycles. The van der Waals surface area contributed by atoms with Gasteiger partial charge in [-0.25, -0.2) is 0 Å². The number of rotatable bonds is 6. The molecule has 0 aliphatic heterocycles. The van der Waals surface area contributed by atoms with E-state index in [4.69, 9.17) is 5.73 Å². The Morgan fingerprint density at radius 3 is 2.67 bits per heavy atom. The van der Waals surface area contributed by atoms with Crippen LogP contribution in [-0.2, 0) is 4.79 Å². The SMILES string of the molecule is CCCC(CN)C(=O)NC(C)c1ccccc1Br. The topological polar surface area (TPSA) is 55.1 Å². The second-order valence-electron chi connectivity index (χ2n) is 4.47. The number of amides is 1. The van der Waals surface area contributed by atoms with Gasteiger partial charge in [0.05, 0.1) is 12.0 Å². The highest BCUT2D eigenvalue weighted by Crippen LogP contribution is 2.23. The monoisotopic (exact) mass is 312 g/mol. The number of carbonyl (C=O) groups excluding carboxylic acids is 1. The Bertz CT molecular complexity index is 395. The molecule has 0 spiro atoms. The Balaban J connectivity index is 2.67. The van der Waals surface area contributed by atoms with E-state index in [0.717, 1.165) is 22.9 Å². The second kappa shape index (κ2) is 7.54. The van der Waals surface area contributed by atoms with Crippen LogP contribution in [-0.4, -0.2) is 12.5 Å². The summed E-state index contributed by atoms with van der Waals surface area (Å²) in [6.45, 7) is 4.45. The Morgan fingerprint density at radius 1 is 1.44 bits per heavy atom. The van der Waals surface area contributed by atoms with E-state index in [2.05, 4.69) is 28.2 Å². The van der Waals surface area contributed by atoms with Gasteiger partial charge in [0.1, 0.15) is 0 Å². The number of carbonyl (C=O) groups is 1. The van der Waals surface area contributed by atoms with E-state index >= 15 is 0 Å². The molecule has 2 atom stereocenters. The van der Waals surface area contributed by atoms with Gasteiger partial charge in [0.2, 0.25) is 5.91 Å². The normalized spacial score (nSPS) is 14.0. The Labute approximate surface area is 117 Å². The van der Waals surface area contributed by atoms with Crippen LogP contribution in [0.2, 0.25) is 0 Å². The lowest BCUT2D eigenvalue weighted by atomic mass is 10.0. The Kier molecular flexibility index (Phi) is 6.36. The van der Waals surface area contributed by atoms with Gasteiger partial charge in [0, 0.05) is 11.0 Å². The van der Waals surface area contributed by atoms with E-state index in [0.29, 0.717) is 6.54 Å². The van der Waals surface area contributed by atoms with Crippen LogP contribution in [0.15, 0.2) is 28.7 Å². The minimum atomic E-state index is -0.0834. The summed E-state index contributed by atoms with van der Waals surface area (Å²) in [5.41, 5.74) is 6.72. The molecule has 0 fully saturated rings. The molecule has 3 nitrogen and oxygen atoms in total. The molecule has 18 heavy (non-hydrogen) atoms. The van der Waals surface area contributed by atoms with Crippen molar-refractivity contribution in [2.45, 2.75) is 32.7 Å². The van der Waals surface area contributed by atoms with Gasteiger partial charge in [0.25, 0.3) is 0 Å². The Hall–Kier alpha value is -0.870. The lowest BCUT2D eigenvalue weighted by Gasteiger charge is -2.20. The van der Waals surface area contributed by atoms with Gasteiger partial charge in [-0.3, -0.25) is 4.79 Å². The highest BCUT2D eigenvalue weighted by Gasteiger charge is 2.19. The van der Waals surface area contributed by atoms with Crippen molar-refractivity contribution >= 4 is 21.8 Å². The maximum absolute atomic E-state index is 12.1. The first-order valence-corrected chi connectivity index (χ1v) is 7.14. The minimum absolute atomic E-state index is 0.0148. The van der Waals surface area contributed by atoms with Crippen molar-refractivity contribution in [1.29, 1.82) is 0 Å². The molecule has 100 valence electrons. The molecular formula is C14H21BrN2O. The number of benzene rings is 1. The zero-order chi connectivity index (χ0) is 13.5. The predicted octanol–water partition coefficient (Wildman–Crippen LogP) is 3.00. The average Bonchev–Trinajstić information content (AvgIpc) is 2.36. The van der Waals surface area contributed by atoms with Gasteiger partial charge in [0.15, 0.2) is 0 Å². The van der Waals surface area contributed by atoms with Crippen LogP contribution in [0.5, 0.6) is 0 Å². The maximum Gasteiger partial charge on any atom is 0.224 e. The number of hydrogen-bond donors (Lipinski definition) is 2. The number of nitrogens with one attached hydrogen (secondary N) is 1. The van der Waals surface area contributed by atoms with Gasteiger partial charge < -0.3 is 11.1 Å². The third kappa shape index (κ3) is 4.10. The predicted molar refractivity (Wildman–Crippen MR) is 78.2 cm³/mol. The first-order valence-electron chi connectivity index (χ1n) is 6.35. The van der Waals surface area contributed by atoms with E-state index in [1.165, 1.54) is 0 Å². The zero-order valence-electron chi connectivity index (χ0n) is 10.9. The van der Waals surface area contributed by atoms with Gasteiger partial charge in [-0.1, -0.05) is 47.5 Å². The van der Waals surface area contributed by atoms with Crippen LogP contribution < -0.4 is 11.1 Å². The number of halogens is 1. The third-order valence-electron chi connectivity index (χ3n) is 3.02. The summed E-state index contributed by atoms with van der Waals surface area (Å²) in [5, 5.41) is 3.02. The molecule has 0 aliphatic carbocycles. The molecule has 0 aromatic heterocycles. The molecule has 0 bridgehead atoms. The summed E-state index contributed by atoms with van der Waals surface area (Å²) < 4.78 is 1.01. The first kappa shape index (κ1) is 15.2. The molecule has 1 aromatic rings. The van der Waals surface area contributed by atoms with Gasteiger partial charge in [-0.2, -0.15) is 0 Å². The van der Waals surface area contributed by atoms with Crippen molar-refractivity contribution < 1.29 is 4.79 Å². The van der Waals surface area contributed by atoms with Gasteiger partial charge in [-0.05, 0) is 25.0 Å². The van der Waals surface area contributed by atoms with E-state index in [9.17, 15) is 4.79 Å². The second-order valence-corrected chi connectivity index (χ2v) is 5.33. The molecule has 0 aliphatic rings. The van der Waals surface area contributed by atoms with Crippen LogP contribution in [0.1, 0.15) is 38.3 Å². The fourth-order valence-electron chi connectivity index (χ4n) is 1.94. The van der Waals surface area contributed by atoms with Crippen molar-refractivity contribution in [2.75, 3.05) is 6.54 Å². The fraction of sp³-hybridized carbons (Fsp3) is 0.500. The van der Waals surface area contributed by atoms with Crippen molar-refractivity contribution in [3.63, 3.8) is 0 Å². The van der Waals surface area contributed by atoms with Crippen molar-refractivity contribution in [3.8, 4) is 0 Å². The van der Waals surface area contributed by atoms with E-state index in [-0.39, 0.29) is 17.9 Å². The summed E-state index contributed by atoms with van der Waals surface area (Å²) in [6, 6.07) is 7.90. The lowest BCUT2D eigenvalue weighted by Crippen LogP contribution is -2.36. The highest BCUT2D eigenvalue weighted by atomic mass is 79.9. The molecule has 0 radical (unpaired) electrons. The third-order valence-corrected chi connectivity index (χ3v) is 3.75. The molecule has 0 heterocycles. The summed E-state index contributed by atoms with van der Waals surface area (Å²) in [6.07, 6.45) is 1.81. The van der Waals surface area contributed by atoms with E-state index in [1.54, 1.807) is 0 Å². The van der Waals surface area contributed by atoms with Gasteiger partial charge in [-0.15, -0.1) is 0 Å². The van der Waals surface area contributed by atoms with Crippen LogP contribution in [0.3, 0.4) is 0 Å². The zero-order valence-corrected chi connectivity index (χ0v) is 12.5. The van der Waals surface area contributed by atoms with Crippen LogP contribution in [0, 0.1) is 5.92 Å².